The van der Waals surface area contributed by atoms with Gasteiger partial charge in [0, 0.05) is 17.7 Å². The summed E-state index contributed by atoms with van der Waals surface area (Å²) in [5, 5.41) is 15.7. The topological polar surface area (TPSA) is 114 Å². The highest BCUT2D eigenvalue weighted by atomic mass is 35.5. The first-order valence-electron chi connectivity index (χ1n) is 6.92. The van der Waals surface area contributed by atoms with Crippen molar-refractivity contribution in [3.63, 3.8) is 0 Å². The van der Waals surface area contributed by atoms with E-state index in [1.807, 2.05) is 0 Å². The fourth-order valence-corrected chi connectivity index (χ4v) is 0.638. The summed E-state index contributed by atoms with van der Waals surface area (Å²) < 4.78 is 8.94. The number of esters is 2. The van der Waals surface area contributed by atoms with Gasteiger partial charge in [0.1, 0.15) is 0 Å². The number of hydrogen-bond donors (Lipinski definition) is 1. The van der Waals surface area contributed by atoms with Crippen LogP contribution < -0.4 is 0 Å². The smallest absolute Gasteiger partial charge is 0.337 e. The lowest BCUT2D eigenvalue weighted by molar-refractivity contribution is -0.138. The molecule has 7 nitrogen and oxygen atoms in total. The maximum atomic E-state index is 10.8. The largest absolute Gasteiger partial charge is 0.478 e. The molecule has 0 saturated carbocycles. The highest BCUT2D eigenvalue weighted by molar-refractivity contribution is 6.55. The molecular weight excluding hydrogens is 397 g/mol. The number of nitriles is 1. The third kappa shape index (κ3) is 39.7. The summed E-state index contributed by atoms with van der Waals surface area (Å²) in [5.74, 6) is -2.07. The monoisotopic (exact) mass is 419 g/mol. The Morgan fingerprint density at radius 2 is 1.56 bits per heavy atom. The molecule has 0 spiro atoms. The first-order chi connectivity index (χ1) is 12.4. The van der Waals surface area contributed by atoms with E-state index in [4.69, 9.17) is 33.6 Å². The van der Waals surface area contributed by atoms with Gasteiger partial charge < -0.3 is 14.6 Å². The van der Waals surface area contributed by atoms with Gasteiger partial charge in [0.05, 0.1) is 29.9 Å². The first-order valence-corrected chi connectivity index (χ1v) is 7.67. The van der Waals surface area contributed by atoms with Gasteiger partial charge in [-0.1, -0.05) is 49.5 Å². The van der Waals surface area contributed by atoms with Gasteiger partial charge in [-0.25, -0.2) is 14.4 Å². The normalized spacial score (nSPS) is 7.85. The predicted molar refractivity (Wildman–Crippen MR) is 106 cm³/mol. The number of carboxylic acid groups (broad SMARTS) is 1. The zero-order valence-corrected chi connectivity index (χ0v) is 17.0. The molecule has 0 atom stereocenters. The van der Waals surface area contributed by atoms with Gasteiger partial charge in [-0.3, -0.25) is 0 Å². The van der Waals surface area contributed by atoms with Gasteiger partial charge in [0.25, 0.3) is 0 Å². The molecule has 0 aliphatic heterocycles. The molecule has 0 aromatic carbocycles. The number of carbonyl (C=O) groups is 3. The third-order valence-electron chi connectivity index (χ3n) is 1.59. The molecule has 9 heteroatoms. The molecule has 0 aromatic heterocycles. The number of rotatable bonds is 5. The fourth-order valence-electron chi connectivity index (χ4n) is 0.638. The molecule has 0 unspecified atom stereocenters. The molecule has 1 N–H and O–H groups in total. The summed E-state index contributed by atoms with van der Waals surface area (Å²) in [7, 11) is 1.33. The SMILES string of the molecule is C=C(C)C(=O)OC.C=C(C=CC(=O)O)C(=O)OCC.C=C(Cl)Cl.C=CC#N. The number of allylic oxidation sites excluding steroid dienone is 1. The van der Waals surface area contributed by atoms with Crippen LogP contribution in [0.4, 0.5) is 0 Å². The van der Waals surface area contributed by atoms with E-state index < -0.39 is 11.9 Å². The summed E-state index contributed by atoms with van der Waals surface area (Å²) >= 11 is 9.69. The Bertz CT molecular complexity index is 599. The summed E-state index contributed by atoms with van der Waals surface area (Å²) in [6, 6.07) is 1.69. The molecule has 0 radical (unpaired) electrons. The third-order valence-corrected chi connectivity index (χ3v) is 1.59. The minimum absolute atomic E-state index is 0.0271. The van der Waals surface area contributed by atoms with E-state index in [1.54, 1.807) is 19.9 Å². The molecule has 0 rings (SSSR count). The molecule has 0 amide bonds. The van der Waals surface area contributed by atoms with Crippen LogP contribution in [0.15, 0.2) is 60.2 Å². The van der Waals surface area contributed by atoms with Gasteiger partial charge in [0.15, 0.2) is 0 Å². The van der Waals surface area contributed by atoms with Crippen molar-refractivity contribution in [3.8, 4) is 6.07 Å². The summed E-state index contributed by atoms with van der Waals surface area (Å²) in [5.41, 5.74) is 0.460. The molecule has 0 heterocycles. The Kier molecular flexibility index (Phi) is 27.4. The average molecular weight is 420 g/mol. The van der Waals surface area contributed by atoms with Gasteiger partial charge in [-0.05, 0) is 19.9 Å². The molecular formula is C18H23Cl2NO6. The highest BCUT2D eigenvalue weighted by Gasteiger charge is 2.03. The predicted octanol–water partition coefficient (Wildman–Crippen LogP) is 4.11. The van der Waals surface area contributed by atoms with Crippen molar-refractivity contribution in [2.45, 2.75) is 13.8 Å². The van der Waals surface area contributed by atoms with E-state index >= 15 is 0 Å². The first kappa shape index (κ1) is 31.9. The van der Waals surface area contributed by atoms with Gasteiger partial charge in [-0.2, -0.15) is 5.26 Å². The molecule has 0 aliphatic carbocycles. The van der Waals surface area contributed by atoms with Crippen LogP contribution in [0.1, 0.15) is 13.8 Å². The number of aliphatic carboxylic acids is 1. The van der Waals surface area contributed by atoms with Crippen LogP contribution >= 0.6 is 23.2 Å². The van der Waals surface area contributed by atoms with Crippen LogP contribution in [-0.4, -0.2) is 36.7 Å². The second-order valence-electron chi connectivity index (χ2n) is 3.86. The number of carboxylic acids is 1. The molecule has 27 heavy (non-hydrogen) atoms. The molecule has 0 aliphatic rings. The number of halogens is 2. The summed E-state index contributed by atoms with van der Waals surface area (Å²) in [6.45, 7) is 16.4. The molecule has 150 valence electrons. The lowest BCUT2D eigenvalue weighted by Gasteiger charge is -1.98. The van der Waals surface area contributed by atoms with Crippen LogP contribution in [-0.2, 0) is 23.9 Å². The maximum Gasteiger partial charge on any atom is 0.337 e. The zero-order chi connectivity index (χ0) is 22.4. The van der Waals surface area contributed by atoms with E-state index in [2.05, 4.69) is 35.8 Å². The van der Waals surface area contributed by atoms with E-state index in [0.717, 1.165) is 12.2 Å². The molecule has 0 aromatic rings. The minimum Gasteiger partial charge on any atom is -0.478 e. The van der Waals surface area contributed by atoms with Crippen LogP contribution in [0.25, 0.3) is 0 Å². The Morgan fingerprint density at radius 3 is 1.74 bits per heavy atom. The van der Waals surface area contributed by atoms with E-state index in [9.17, 15) is 14.4 Å². The lowest BCUT2D eigenvalue weighted by atomic mass is 10.3. The van der Waals surface area contributed by atoms with E-state index in [1.165, 1.54) is 13.2 Å². The number of methoxy groups -OCH3 is 1. The number of nitrogens with zero attached hydrogens (tertiary/aromatic N) is 1. The standard InChI is InChI=1S/C8H10O4.C5H8O2.C3H3N.C2H2Cl2/c1-3-12-8(11)6(2)4-5-7(9)10;1-4(2)5(6)7-3;1-2-3-4;1-2(3)4/h4-5H,2-3H2,1H3,(H,9,10);1H2,2-3H3;2H,1H2;1H2. The average Bonchev–Trinajstić information content (AvgIpc) is 2.59. The van der Waals surface area contributed by atoms with Crippen molar-refractivity contribution in [1.82, 2.24) is 0 Å². The quantitative estimate of drug-likeness (QED) is 0.308. The van der Waals surface area contributed by atoms with Crippen LogP contribution in [0.3, 0.4) is 0 Å². The number of ether oxygens (including phenoxy) is 2. The van der Waals surface area contributed by atoms with Crippen molar-refractivity contribution in [2.75, 3.05) is 13.7 Å². The van der Waals surface area contributed by atoms with Crippen molar-refractivity contribution in [3.05, 3.63) is 60.2 Å². The molecule has 0 saturated heterocycles. The van der Waals surface area contributed by atoms with Crippen LogP contribution in [0.2, 0.25) is 0 Å². The highest BCUT2D eigenvalue weighted by Crippen LogP contribution is 1.98. The zero-order valence-electron chi connectivity index (χ0n) is 15.5. The van der Waals surface area contributed by atoms with Crippen molar-refractivity contribution >= 4 is 41.1 Å². The van der Waals surface area contributed by atoms with Gasteiger partial charge in [-0.15, -0.1) is 0 Å². The minimum atomic E-state index is -1.12. The van der Waals surface area contributed by atoms with E-state index in [0.29, 0.717) is 5.57 Å². The Labute approximate surface area is 169 Å². The summed E-state index contributed by atoms with van der Waals surface area (Å²) in [6.07, 6.45) is 3.11. The lowest BCUT2D eigenvalue weighted by Crippen LogP contribution is -2.05. The van der Waals surface area contributed by atoms with Crippen LogP contribution in [0, 0.1) is 11.3 Å². The van der Waals surface area contributed by atoms with Crippen molar-refractivity contribution < 1.29 is 29.0 Å². The van der Waals surface area contributed by atoms with Crippen LogP contribution in [0.5, 0.6) is 0 Å². The second kappa shape index (κ2) is 23.2. The van der Waals surface area contributed by atoms with E-state index in [-0.39, 0.29) is 22.6 Å². The fraction of sp³-hybridized carbons (Fsp3) is 0.222. The molecule has 0 bridgehead atoms. The van der Waals surface area contributed by atoms with Crippen molar-refractivity contribution in [2.24, 2.45) is 0 Å². The van der Waals surface area contributed by atoms with Gasteiger partial charge >= 0.3 is 17.9 Å². The van der Waals surface area contributed by atoms with Gasteiger partial charge in [0.2, 0.25) is 0 Å². The Hall–Kier alpha value is -2.82. The Morgan fingerprint density at radius 1 is 1.15 bits per heavy atom. The Balaban J connectivity index is -0.000000149. The molecule has 0 fully saturated rings. The van der Waals surface area contributed by atoms with Crippen molar-refractivity contribution in [1.29, 1.82) is 5.26 Å². The summed E-state index contributed by atoms with van der Waals surface area (Å²) in [4.78, 5) is 31.0. The number of carbonyl (C=O) groups excluding carboxylic acids is 2. The number of hydrogen-bond acceptors (Lipinski definition) is 6. The maximum absolute atomic E-state index is 10.8. The second-order valence-corrected chi connectivity index (χ2v) is 4.97.